The number of aliphatic imine (C=N–C) groups is 1. The van der Waals surface area contributed by atoms with Crippen LogP contribution in [-0.4, -0.2) is 21.4 Å². The normalized spacial score (nSPS) is 11.7. The predicted molar refractivity (Wildman–Crippen MR) is 67.4 cm³/mol. The minimum absolute atomic E-state index is 0.000193. The summed E-state index contributed by atoms with van der Waals surface area (Å²) in [6.07, 6.45) is 0. The van der Waals surface area contributed by atoms with Crippen LogP contribution in [0.2, 0.25) is 0 Å². The van der Waals surface area contributed by atoms with Crippen molar-refractivity contribution in [1.82, 2.24) is 15.8 Å². The van der Waals surface area contributed by atoms with E-state index in [1.165, 1.54) is 18.2 Å². The number of amidine groups is 1. The molecule has 1 aromatic carbocycles. The average Bonchev–Trinajstić information content (AvgIpc) is 2.88. The average molecular weight is 330 g/mol. The van der Waals surface area contributed by atoms with E-state index in [1.54, 1.807) is 0 Å². The van der Waals surface area contributed by atoms with Crippen LogP contribution in [0.5, 0.6) is 0 Å². The van der Waals surface area contributed by atoms with Crippen LogP contribution >= 0.6 is 15.9 Å². The highest BCUT2D eigenvalue weighted by Gasteiger charge is 2.15. The van der Waals surface area contributed by atoms with Crippen LogP contribution in [0.1, 0.15) is 11.4 Å². The van der Waals surface area contributed by atoms with Crippen LogP contribution in [0.15, 0.2) is 32.3 Å². The van der Waals surface area contributed by atoms with Crippen molar-refractivity contribution in [3.8, 4) is 0 Å². The molecular weight excluding hydrogens is 321 g/mol. The molecule has 100 valence electrons. The van der Waals surface area contributed by atoms with Gasteiger partial charge in [0, 0.05) is 6.54 Å². The molecule has 7 nitrogen and oxygen atoms in total. The maximum Gasteiger partial charge on any atom is 0.182 e. The van der Waals surface area contributed by atoms with Gasteiger partial charge >= 0.3 is 0 Å². The Morgan fingerprint density at radius 2 is 2.32 bits per heavy atom. The van der Waals surface area contributed by atoms with Gasteiger partial charge in [-0.25, -0.2) is 14.0 Å². The topological polar surface area (TPSA) is 110 Å². The van der Waals surface area contributed by atoms with E-state index in [2.05, 4.69) is 35.9 Å². The highest BCUT2D eigenvalue weighted by atomic mass is 79.9. The lowest BCUT2D eigenvalue weighted by atomic mass is 10.3. The SMILES string of the molecule is NCc1nonc1C(=Nc1ccc(F)c(Br)c1)NO. The molecule has 0 unspecified atom stereocenters. The second-order valence-corrected chi connectivity index (χ2v) is 4.29. The molecule has 0 saturated carbocycles. The zero-order valence-electron chi connectivity index (χ0n) is 9.47. The maximum atomic E-state index is 13.1. The van der Waals surface area contributed by atoms with Gasteiger partial charge in [-0.15, -0.1) is 0 Å². The van der Waals surface area contributed by atoms with E-state index in [0.29, 0.717) is 11.4 Å². The lowest BCUT2D eigenvalue weighted by molar-refractivity contribution is 0.234. The molecule has 0 atom stereocenters. The number of hydrogen-bond donors (Lipinski definition) is 3. The molecule has 0 aliphatic carbocycles. The van der Waals surface area contributed by atoms with Gasteiger partial charge in [0.2, 0.25) is 0 Å². The predicted octanol–water partition coefficient (Wildman–Crippen LogP) is 1.49. The summed E-state index contributed by atoms with van der Waals surface area (Å²) >= 11 is 3.04. The first-order valence-electron chi connectivity index (χ1n) is 5.11. The fourth-order valence-corrected chi connectivity index (χ4v) is 1.70. The Balaban J connectivity index is 2.41. The number of nitrogens with one attached hydrogen (secondary N) is 1. The van der Waals surface area contributed by atoms with Crippen molar-refractivity contribution in [2.24, 2.45) is 10.7 Å². The molecule has 19 heavy (non-hydrogen) atoms. The molecule has 2 rings (SSSR count). The first-order chi connectivity index (χ1) is 9.15. The van der Waals surface area contributed by atoms with E-state index >= 15 is 0 Å². The third-order valence-electron chi connectivity index (χ3n) is 2.22. The van der Waals surface area contributed by atoms with E-state index in [4.69, 9.17) is 10.9 Å². The molecule has 0 amide bonds. The zero-order valence-corrected chi connectivity index (χ0v) is 11.1. The molecule has 2 aromatic rings. The summed E-state index contributed by atoms with van der Waals surface area (Å²) in [5, 5.41) is 16.2. The van der Waals surface area contributed by atoms with Crippen molar-refractivity contribution >= 4 is 27.5 Å². The molecule has 1 aromatic heterocycles. The van der Waals surface area contributed by atoms with Gasteiger partial charge in [0.05, 0.1) is 10.2 Å². The number of nitrogens with two attached hydrogens (primary N) is 1. The number of aromatic nitrogens is 2. The molecule has 0 bridgehead atoms. The van der Waals surface area contributed by atoms with Crippen molar-refractivity contribution in [3.05, 3.63) is 39.9 Å². The van der Waals surface area contributed by atoms with Gasteiger partial charge in [0.25, 0.3) is 0 Å². The maximum absolute atomic E-state index is 13.1. The summed E-state index contributed by atoms with van der Waals surface area (Å²) in [6, 6.07) is 4.12. The number of hydroxylamine groups is 1. The molecule has 0 saturated heterocycles. The minimum Gasteiger partial charge on any atom is -0.325 e. The molecular formula is C10H9BrFN5O2. The second-order valence-electron chi connectivity index (χ2n) is 3.43. The molecule has 0 aliphatic heterocycles. The number of rotatable bonds is 3. The van der Waals surface area contributed by atoms with E-state index in [9.17, 15) is 4.39 Å². The monoisotopic (exact) mass is 329 g/mol. The van der Waals surface area contributed by atoms with Gasteiger partial charge in [-0.05, 0) is 39.3 Å². The lowest BCUT2D eigenvalue weighted by Crippen LogP contribution is -2.22. The van der Waals surface area contributed by atoms with Crippen molar-refractivity contribution in [2.45, 2.75) is 6.54 Å². The van der Waals surface area contributed by atoms with Crippen LogP contribution in [0, 0.1) is 5.82 Å². The van der Waals surface area contributed by atoms with E-state index in [-0.39, 0.29) is 22.5 Å². The smallest absolute Gasteiger partial charge is 0.182 e. The summed E-state index contributed by atoms with van der Waals surface area (Å²) < 4.78 is 17.9. The van der Waals surface area contributed by atoms with Gasteiger partial charge in [0.15, 0.2) is 11.5 Å². The van der Waals surface area contributed by atoms with Crippen molar-refractivity contribution in [3.63, 3.8) is 0 Å². The van der Waals surface area contributed by atoms with Gasteiger partial charge in [-0.1, -0.05) is 5.16 Å². The van der Waals surface area contributed by atoms with Crippen LogP contribution in [0.3, 0.4) is 0 Å². The molecule has 0 radical (unpaired) electrons. The number of nitrogens with zero attached hydrogens (tertiary/aromatic N) is 3. The van der Waals surface area contributed by atoms with Gasteiger partial charge in [0.1, 0.15) is 11.5 Å². The zero-order chi connectivity index (χ0) is 13.8. The van der Waals surface area contributed by atoms with Crippen molar-refractivity contribution in [1.29, 1.82) is 0 Å². The van der Waals surface area contributed by atoms with Gasteiger partial charge in [-0.3, -0.25) is 10.7 Å². The van der Waals surface area contributed by atoms with E-state index < -0.39 is 5.82 Å². The summed E-state index contributed by atoms with van der Waals surface area (Å²) in [7, 11) is 0. The first kappa shape index (κ1) is 13.6. The highest BCUT2D eigenvalue weighted by molar-refractivity contribution is 9.10. The summed E-state index contributed by atoms with van der Waals surface area (Å²) in [6.45, 7) is 0.0760. The summed E-state index contributed by atoms with van der Waals surface area (Å²) in [5.74, 6) is -0.414. The van der Waals surface area contributed by atoms with Crippen LogP contribution in [0.25, 0.3) is 0 Å². The second kappa shape index (κ2) is 5.87. The number of hydrogen-bond acceptors (Lipinski definition) is 6. The Kier molecular flexibility index (Phi) is 4.20. The van der Waals surface area contributed by atoms with E-state index in [1.807, 2.05) is 5.48 Å². The van der Waals surface area contributed by atoms with E-state index in [0.717, 1.165) is 0 Å². The number of benzene rings is 1. The third kappa shape index (κ3) is 2.95. The standard InChI is InChI=1S/C10H9BrFN5O2/c11-6-3-5(1-2-7(6)12)14-10(15-18)9-8(4-13)16-19-17-9/h1-3,18H,4,13H2,(H,14,15). The third-order valence-corrected chi connectivity index (χ3v) is 2.83. The molecule has 0 fully saturated rings. The van der Waals surface area contributed by atoms with Crippen molar-refractivity contribution < 1.29 is 14.2 Å². The highest BCUT2D eigenvalue weighted by Crippen LogP contribution is 2.22. The van der Waals surface area contributed by atoms with Crippen LogP contribution < -0.4 is 11.2 Å². The molecule has 4 N–H and O–H groups in total. The Morgan fingerprint density at radius 3 is 2.95 bits per heavy atom. The van der Waals surface area contributed by atoms with Crippen molar-refractivity contribution in [2.75, 3.05) is 0 Å². The largest absolute Gasteiger partial charge is 0.325 e. The molecule has 0 spiro atoms. The summed E-state index contributed by atoms with van der Waals surface area (Å²) in [4.78, 5) is 4.07. The van der Waals surface area contributed by atoms with Crippen LogP contribution in [0.4, 0.5) is 10.1 Å². The fourth-order valence-electron chi connectivity index (χ4n) is 1.33. The Morgan fingerprint density at radius 1 is 1.53 bits per heavy atom. The minimum atomic E-state index is -0.414. The Hall–Kier alpha value is -1.84. The first-order valence-corrected chi connectivity index (χ1v) is 5.90. The quantitative estimate of drug-likeness (QED) is 0.447. The fraction of sp³-hybridized carbons (Fsp3) is 0.100. The van der Waals surface area contributed by atoms with Gasteiger partial charge in [-0.2, -0.15) is 0 Å². The van der Waals surface area contributed by atoms with Gasteiger partial charge < -0.3 is 5.73 Å². The molecule has 9 heteroatoms. The summed E-state index contributed by atoms with van der Waals surface area (Å²) in [5.41, 5.74) is 8.24. The Labute approximate surface area is 115 Å². The Bertz CT molecular complexity index is 616. The van der Waals surface area contributed by atoms with Crippen LogP contribution in [-0.2, 0) is 6.54 Å². The molecule has 1 heterocycles. The lowest BCUT2D eigenvalue weighted by Gasteiger charge is -2.02. The number of halogens is 2. The molecule has 0 aliphatic rings.